The molecule has 0 N–H and O–H groups in total. The van der Waals surface area contributed by atoms with Crippen molar-refractivity contribution in [2.75, 3.05) is 0 Å². The van der Waals surface area contributed by atoms with Crippen molar-refractivity contribution >= 4 is 55.1 Å². The SMILES string of the molecule is O=POP=O.[Ca+2].[H-].[H-].[H-].[K+]. The standard InChI is InChI=1S/Ca.K.O3P2.3H/c;;1-4-3-5-2;;;/q+2;+1;;3*-1. The number of rotatable bonds is 2. The molecule has 0 aliphatic rings. The van der Waals surface area contributed by atoms with Gasteiger partial charge in [0.15, 0.2) is 0 Å². The summed E-state index contributed by atoms with van der Waals surface area (Å²) in [4.78, 5) is 0. The fourth-order valence-electron chi connectivity index (χ4n) is 0.0136. The number of hydrogen-bond acceptors (Lipinski definition) is 3. The Labute approximate surface area is 121 Å². The third kappa shape index (κ3) is 17.6. The zero-order chi connectivity index (χ0) is 4.12. The van der Waals surface area contributed by atoms with E-state index in [1.54, 1.807) is 0 Å². The molecule has 0 aromatic carbocycles. The molecule has 0 aromatic rings. The van der Waals surface area contributed by atoms with E-state index in [0.29, 0.717) is 0 Å². The minimum absolute atomic E-state index is 0. The van der Waals surface area contributed by atoms with Crippen LogP contribution in [0.25, 0.3) is 0 Å². The Morgan fingerprint density at radius 3 is 1.57 bits per heavy atom. The van der Waals surface area contributed by atoms with Gasteiger partial charge in [-0.15, -0.1) is 0 Å². The molecule has 0 fully saturated rings. The Hall–Kier alpha value is 3.06. The fraction of sp³-hybridized carbons (Fsp3) is 0. The van der Waals surface area contributed by atoms with E-state index in [4.69, 9.17) is 9.13 Å². The van der Waals surface area contributed by atoms with E-state index in [9.17, 15) is 0 Å². The summed E-state index contributed by atoms with van der Waals surface area (Å²) in [7, 11) is -1.09. The molecule has 3 nitrogen and oxygen atoms in total. The molecule has 0 atom stereocenters. The van der Waals surface area contributed by atoms with Crippen LogP contribution in [0.1, 0.15) is 4.28 Å². The molecule has 0 aliphatic carbocycles. The minimum Gasteiger partial charge on any atom is -1.00 e. The van der Waals surface area contributed by atoms with E-state index < -0.39 is 17.4 Å². The largest absolute Gasteiger partial charge is 2.00 e. The van der Waals surface area contributed by atoms with E-state index >= 15 is 0 Å². The first-order valence-corrected chi connectivity index (χ1v) is 2.19. The second-order valence-electron chi connectivity index (χ2n) is 0.231. The van der Waals surface area contributed by atoms with E-state index in [0.717, 1.165) is 0 Å². The summed E-state index contributed by atoms with van der Waals surface area (Å²) in [6, 6.07) is 0. The van der Waals surface area contributed by atoms with Gasteiger partial charge in [0.05, 0.1) is 0 Å². The quantitative estimate of drug-likeness (QED) is 0.390. The topological polar surface area (TPSA) is 43.4 Å². The molecule has 0 amide bonds. The molecule has 0 spiro atoms. The minimum atomic E-state index is -0.545. The average Bonchev–Trinajstić information content (AvgIpc) is 1.41. The molecule has 0 unspecified atom stereocenters. The summed E-state index contributed by atoms with van der Waals surface area (Å²) in [5, 5.41) is 0. The Morgan fingerprint density at radius 2 is 1.57 bits per heavy atom. The van der Waals surface area contributed by atoms with Crippen molar-refractivity contribution in [3.8, 4) is 0 Å². The van der Waals surface area contributed by atoms with Gasteiger partial charge in [0.1, 0.15) is 0 Å². The molecule has 0 aliphatic heterocycles. The van der Waals surface area contributed by atoms with Gasteiger partial charge in [0.2, 0.25) is 0 Å². The van der Waals surface area contributed by atoms with Crippen LogP contribution in [0.3, 0.4) is 0 Å². The van der Waals surface area contributed by atoms with Crippen molar-refractivity contribution in [1.82, 2.24) is 0 Å². The molecule has 0 saturated heterocycles. The zero-order valence-electron chi connectivity index (χ0n) is 6.83. The fourth-order valence-corrected chi connectivity index (χ4v) is 0.122. The third-order valence-corrected chi connectivity index (χ3v) is 0.600. The molecule has 7 heavy (non-hydrogen) atoms. The second kappa shape index (κ2) is 16.0. The molecule has 0 aromatic heterocycles. The van der Waals surface area contributed by atoms with Gasteiger partial charge in [0.25, 0.3) is 0 Å². The summed E-state index contributed by atoms with van der Waals surface area (Å²) in [6.07, 6.45) is 0. The van der Waals surface area contributed by atoms with Crippen LogP contribution in [0.15, 0.2) is 0 Å². The van der Waals surface area contributed by atoms with Crippen molar-refractivity contribution < 1.29 is 69.1 Å². The van der Waals surface area contributed by atoms with Crippen LogP contribution in [-0.2, 0) is 13.4 Å². The first-order valence-electron chi connectivity index (χ1n) is 0.730. The molecule has 0 saturated carbocycles. The third-order valence-electron chi connectivity index (χ3n) is 0.0667. The summed E-state index contributed by atoms with van der Waals surface area (Å²) >= 11 is 0. The van der Waals surface area contributed by atoms with Crippen LogP contribution in [-0.4, -0.2) is 37.7 Å². The summed E-state index contributed by atoms with van der Waals surface area (Å²) in [5.74, 6) is 0. The Morgan fingerprint density at radius 1 is 1.29 bits per heavy atom. The number of hydrogen-bond donors (Lipinski definition) is 0. The van der Waals surface area contributed by atoms with Gasteiger partial charge in [-0.3, -0.25) is 0 Å². The van der Waals surface area contributed by atoms with Crippen LogP contribution >= 0.6 is 17.4 Å². The molecule has 7 heteroatoms. The maximum absolute atomic E-state index is 9.07. The predicted octanol–water partition coefficient (Wildman–Crippen LogP) is -1.62. The maximum Gasteiger partial charge on any atom is 2.00 e. The Kier molecular flexibility index (Phi) is 37.9. The van der Waals surface area contributed by atoms with Crippen LogP contribution < -0.4 is 51.4 Å². The first-order chi connectivity index (χ1) is 2.41. The molecule has 34 valence electrons. The zero-order valence-corrected chi connectivity index (χ0v) is 10.9. The first kappa shape index (κ1) is 16.6. The van der Waals surface area contributed by atoms with Crippen LogP contribution in [0.2, 0.25) is 0 Å². The molecule has 0 bridgehead atoms. The average molecular weight is 192 g/mol. The summed E-state index contributed by atoms with van der Waals surface area (Å²) in [5.41, 5.74) is 0. The van der Waals surface area contributed by atoms with E-state index in [2.05, 4.69) is 4.31 Å². The Balaban J connectivity index is -0.00000000800. The Bertz CT molecular complexity index is 51.0. The summed E-state index contributed by atoms with van der Waals surface area (Å²) < 4.78 is 21.8. The molecular weight excluding hydrogens is 189 g/mol. The van der Waals surface area contributed by atoms with Gasteiger partial charge in [-0.05, 0) is 0 Å². The van der Waals surface area contributed by atoms with Crippen LogP contribution in [0.4, 0.5) is 0 Å². The van der Waals surface area contributed by atoms with Gasteiger partial charge in [-0.2, -0.15) is 4.31 Å². The summed E-state index contributed by atoms with van der Waals surface area (Å²) in [6.45, 7) is 0. The van der Waals surface area contributed by atoms with Gasteiger partial charge >= 0.3 is 106 Å². The molecule has 0 rings (SSSR count). The molecule has 0 radical (unpaired) electrons. The van der Waals surface area contributed by atoms with Crippen molar-refractivity contribution in [2.45, 2.75) is 0 Å². The van der Waals surface area contributed by atoms with Gasteiger partial charge < -0.3 is 4.28 Å². The van der Waals surface area contributed by atoms with Gasteiger partial charge in [-0.1, -0.05) is 0 Å². The monoisotopic (exact) mass is 192 g/mol. The van der Waals surface area contributed by atoms with Crippen molar-refractivity contribution in [3.05, 3.63) is 0 Å². The van der Waals surface area contributed by atoms with Gasteiger partial charge in [0, 0.05) is 0 Å². The smallest absolute Gasteiger partial charge is 1.00 e. The van der Waals surface area contributed by atoms with Crippen molar-refractivity contribution in [3.63, 3.8) is 0 Å². The predicted molar refractivity (Wildman–Crippen MR) is 25.4 cm³/mol. The maximum atomic E-state index is 9.07. The van der Waals surface area contributed by atoms with Crippen LogP contribution in [0.5, 0.6) is 0 Å². The van der Waals surface area contributed by atoms with E-state index in [1.165, 1.54) is 0 Å². The van der Waals surface area contributed by atoms with Crippen molar-refractivity contribution in [1.29, 1.82) is 0 Å². The van der Waals surface area contributed by atoms with E-state index in [-0.39, 0.29) is 93.4 Å². The second-order valence-corrected chi connectivity index (χ2v) is 1.18. The normalized spacial score (nSPS) is 6.86. The molecule has 0 heterocycles. The molecular formula is H3CaKO3P2. The van der Waals surface area contributed by atoms with Crippen molar-refractivity contribution in [2.24, 2.45) is 0 Å². The van der Waals surface area contributed by atoms with E-state index in [1.807, 2.05) is 0 Å². The van der Waals surface area contributed by atoms with Gasteiger partial charge in [-0.25, -0.2) is 9.13 Å². The van der Waals surface area contributed by atoms with Crippen LogP contribution in [0, 0.1) is 0 Å².